The molecule has 4 heterocycles. The van der Waals surface area contributed by atoms with Crippen molar-refractivity contribution in [2.24, 2.45) is 0 Å². The molecule has 0 amide bonds. The smallest absolute Gasteiger partial charge is 0.126 e. The molecule has 0 spiro atoms. The van der Waals surface area contributed by atoms with Crippen LogP contribution in [0.15, 0.2) is 54.1 Å². The molecule has 322 valence electrons. The number of hydrogen-bond donors (Lipinski definition) is 2. The minimum Gasteiger partial charge on any atom is -0.312 e. The van der Waals surface area contributed by atoms with Gasteiger partial charge in [0.1, 0.15) is 5.82 Å². The Labute approximate surface area is 359 Å². The number of fused-ring (bicyclic) bond motifs is 3. The average molecular weight is 816 g/mol. The average Bonchev–Trinajstić information content (AvgIpc) is 4.09. The fourth-order valence-corrected chi connectivity index (χ4v) is 8.80. The molecule has 58 heavy (non-hydrogen) atoms. The van der Waals surface area contributed by atoms with Crippen molar-refractivity contribution in [3.8, 4) is 0 Å². The van der Waals surface area contributed by atoms with Crippen molar-refractivity contribution in [3.63, 3.8) is 0 Å². The van der Waals surface area contributed by atoms with Crippen molar-refractivity contribution in [1.82, 2.24) is 20.4 Å². The largest absolute Gasteiger partial charge is 0.312 e. The van der Waals surface area contributed by atoms with E-state index >= 15 is 0 Å². The number of allylic oxidation sites excluding steroid dienone is 1. The third kappa shape index (κ3) is 14.6. The zero-order valence-corrected chi connectivity index (χ0v) is 39.1. The monoisotopic (exact) mass is 815 g/mol. The maximum absolute atomic E-state index is 13.6. The first kappa shape index (κ1) is 48.1. The number of piperidine rings is 1. The van der Waals surface area contributed by atoms with Gasteiger partial charge in [-0.15, -0.1) is 0 Å². The van der Waals surface area contributed by atoms with Crippen molar-refractivity contribution in [1.29, 1.82) is 0 Å². The maximum Gasteiger partial charge on any atom is 0.126 e. The van der Waals surface area contributed by atoms with Gasteiger partial charge >= 0.3 is 0 Å². The van der Waals surface area contributed by atoms with Crippen molar-refractivity contribution in [2.75, 3.05) is 39.3 Å². The van der Waals surface area contributed by atoms with Crippen molar-refractivity contribution in [2.45, 2.75) is 170 Å². The summed E-state index contributed by atoms with van der Waals surface area (Å²) >= 11 is 6.38. The minimum atomic E-state index is -0.0411. The Kier molecular flexibility index (Phi) is 20.5. The van der Waals surface area contributed by atoms with Gasteiger partial charge in [0, 0.05) is 43.8 Å². The predicted molar refractivity (Wildman–Crippen MR) is 250 cm³/mol. The van der Waals surface area contributed by atoms with Gasteiger partial charge < -0.3 is 10.6 Å². The molecular weight excluding hydrogens is 735 g/mol. The molecule has 4 aliphatic heterocycles. The quantitative estimate of drug-likeness (QED) is 0.233. The summed E-state index contributed by atoms with van der Waals surface area (Å²) in [5.74, 6) is 1.39. The van der Waals surface area contributed by atoms with Gasteiger partial charge in [0.2, 0.25) is 0 Å². The van der Waals surface area contributed by atoms with Crippen LogP contribution >= 0.6 is 11.6 Å². The summed E-state index contributed by atoms with van der Waals surface area (Å²) in [6, 6.07) is 16.1. The van der Waals surface area contributed by atoms with E-state index in [2.05, 4.69) is 98.4 Å². The molecule has 0 radical (unpaired) electrons. The Balaban J connectivity index is 0.000000170. The van der Waals surface area contributed by atoms with Crippen LogP contribution in [0.3, 0.4) is 0 Å². The van der Waals surface area contributed by atoms with Crippen LogP contribution in [0.5, 0.6) is 0 Å². The molecular formula is C52H80ClFN4. The summed E-state index contributed by atoms with van der Waals surface area (Å²) in [6.45, 7) is 31.6. The number of likely N-dealkylation sites (tertiary alicyclic amines) is 1. The van der Waals surface area contributed by atoms with Crippen LogP contribution < -0.4 is 10.6 Å². The third-order valence-corrected chi connectivity index (χ3v) is 12.6. The third-order valence-electron chi connectivity index (χ3n) is 12.2. The SMILES string of the molecule is CC.CC(C)c1cc2c(cc1Cl)CN(C1CC1)CC2.CC(C)c1cc2c(cc1F)CCNC2.CC(C)c1ccc2c(c1)CNCC2.CCC/C=C1\CCCN(CC)C1. The molecule has 3 aromatic rings. The molecule has 3 aromatic carbocycles. The van der Waals surface area contributed by atoms with Gasteiger partial charge in [-0.25, -0.2) is 4.39 Å². The van der Waals surface area contributed by atoms with Gasteiger partial charge in [0.05, 0.1) is 0 Å². The fourth-order valence-electron chi connectivity index (χ4n) is 8.40. The molecule has 4 nitrogen and oxygen atoms in total. The van der Waals surface area contributed by atoms with Crippen LogP contribution in [-0.4, -0.2) is 55.1 Å². The number of halogens is 2. The summed E-state index contributed by atoms with van der Waals surface area (Å²) < 4.78 is 13.6. The lowest BCUT2D eigenvalue weighted by Crippen LogP contribution is -2.32. The Morgan fingerprint density at radius 3 is 1.97 bits per heavy atom. The molecule has 2 N–H and O–H groups in total. The van der Waals surface area contributed by atoms with E-state index in [1.807, 2.05) is 33.8 Å². The lowest BCUT2D eigenvalue weighted by atomic mass is 9.93. The zero-order chi connectivity index (χ0) is 42.2. The number of unbranched alkanes of at least 4 members (excludes halogenated alkanes) is 1. The molecule has 1 saturated heterocycles. The standard InChI is InChI=1S/C15H20ClN.C12H16FN.C12H17N.C11H21N.C2H6/c1-10(2)14-7-11-5-6-17(13-3-4-13)9-12(11)8-15(14)16;1-8(2)11-5-10-7-14-4-3-9(10)6-12(11)13;1-9(2)11-4-3-10-5-6-13-8-12(10)7-11;1-3-5-7-11-8-6-9-12(4-2)10-11;1-2/h7-8,10,13H,3-6,9H2,1-2H3;5-6,8,14H,3-4,7H2,1-2H3;3-4,7,9,13H,5-6,8H2,1-2H3;7H,3-6,8-10H2,1-2H3;1-2H3/b;;;11-7+;. The second kappa shape index (κ2) is 24.7. The lowest BCUT2D eigenvalue weighted by molar-refractivity contribution is 0.243. The molecule has 6 heteroatoms. The molecule has 0 atom stereocenters. The molecule has 2 fully saturated rings. The fraction of sp³-hybridized carbons (Fsp3) is 0.615. The van der Waals surface area contributed by atoms with Gasteiger partial charge in [-0.05, 0) is 158 Å². The van der Waals surface area contributed by atoms with E-state index < -0.39 is 0 Å². The number of rotatable bonds is 7. The van der Waals surface area contributed by atoms with Gasteiger partial charge in [-0.3, -0.25) is 9.80 Å². The maximum atomic E-state index is 13.6. The Hall–Kier alpha value is -2.54. The van der Waals surface area contributed by atoms with Crippen LogP contribution in [0.4, 0.5) is 4.39 Å². The zero-order valence-electron chi connectivity index (χ0n) is 38.3. The van der Waals surface area contributed by atoms with Crippen molar-refractivity contribution >= 4 is 11.6 Å². The highest BCUT2D eigenvalue weighted by atomic mass is 35.5. The van der Waals surface area contributed by atoms with Crippen LogP contribution in [0, 0.1) is 5.82 Å². The first-order valence-corrected chi connectivity index (χ1v) is 23.6. The molecule has 1 aliphatic carbocycles. The molecule has 0 aromatic heterocycles. The van der Waals surface area contributed by atoms with E-state index in [1.165, 1.54) is 122 Å². The van der Waals surface area contributed by atoms with E-state index in [1.54, 1.807) is 11.6 Å². The molecule has 0 unspecified atom stereocenters. The number of likely N-dealkylation sites (N-methyl/N-ethyl adjacent to an activating group) is 1. The van der Waals surface area contributed by atoms with Crippen LogP contribution in [0.2, 0.25) is 5.02 Å². The molecule has 8 rings (SSSR count). The van der Waals surface area contributed by atoms with Crippen molar-refractivity contribution in [3.05, 3.63) is 115 Å². The second-order valence-electron chi connectivity index (χ2n) is 17.7. The van der Waals surface area contributed by atoms with Crippen LogP contribution in [0.1, 0.15) is 176 Å². The molecule has 1 saturated carbocycles. The summed E-state index contributed by atoms with van der Waals surface area (Å²) in [5, 5.41) is 7.67. The Bertz CT molecular complexity index is 1720. The topological polar surface area (TPSA) is 30.5 Å². The number of nitrogens with zero attached hydrogens (tertiary/aromatic N) is 2. The summed E-state index contributed by atoms with van der Waals surface area (Å²) in [4.78, 5) is 5.15. The van der Waals surface area contributed by atoms with Gasteiger partial charge in [0.25, 0.3) is 0 Å². The number of hydrogen-bond acceptors (Lipinski definition) is 4. The van der Waals surface area contributed by atoms with E-state index in [0.717, 1.165) is 55.8 Å². The first-order chi connectivity index (χ1) is 28.0. The first-order valence-electron chi connectivity index (χ1n) is 23.3. The van der Waals surface area contributed by atoms with Gasteiger partial charge in [-0.2, -0.15) is 0 Å². The van der Waals surface area contributed by atoms with E-state index in [9.17, 15) is 4.39 Å². The van der Waals surface area contributed by atoms with Gasteiger partial charge in [-0.1, -0.05) is 129 Å². The highest BCUT2D eigenvalue weighted by Crippen LogP contribution is 2.35. The Morgan fingerprint density at radius 1 is 0.707 bits per heavy atom. The molecule has 5 aliphatic rings. The van der Waals surface area contributed by atoms with E-state index in [0.29, 0.717) is 11.8 Å². The second-order valence-corrected chi connectivity index (χ2v) is 18.1. The molecule has 0 bridgehead atoms. The highest BCUT2D eigenvalue weighted by molar-refractivity contribution is 6.31. The summed E-state index contributed by atoms with van der Waals surface area (Å²) in [7, 11) is 0. The van der Waals surface area contributed by atoms with Crippen LogP contribution in [0.25, 0.3) is 0 Å². The predicted octanol–water partition coefficient (Wildman–Crippen LogP) is 12.9. The number of nitrogens with one attached hydrogen (secondary N) is 2. The normalized spacial score (nSPS) is 18.4. The van der Waals surface area contributed by atoms with E-state index in [-0.39, 0.29) is 11.7 Å². The van der Waals surface area contributed by atoms with Crippen LogP contribution in [-0.2, 0) is 38.9 Å². The minimum absolute atomic E-state index is 0.0411. The Morgan fingerprint density at radius 2 is 1.34 bits per heavy atom. The van der Waals surface area contributed by atoms with Gasteiger partial charge in [0.15, 0.2) is 0 Å². The number of benzene rings is 3. The van der Waals surface area contributed by atoms with E-state index in [4.69, 9.17) is 11.6 Å². The van der Waals surface area contributed by atoms with Crippen molar-refractivity contribution < 1.29 is 4.39 Å². The summed E-state index contributed by atoms with van der Waals surface area (Å²) in [5.41, 5.74) is 13.7. The lowest BCUT2D eigenvalue weighted by Gasteiger charge is -2.29. The summed E-state index contributed by atoms with van der Waals surface area (Å²) in [6.07, 6.45) is 13.8. The highest BCUT2D eigenvalue weighted by Gasteiger charge is 2.31.